The molecule has 8 heteroatoms. The topological polar surface area (TPSA) is 77.0 Å². The van der Waals surface area contributed by atoms with Gasteiger partial charge in [0.05, 0.1) is 11.8 Å². The van der Waals surface area contributed by atoms with Crippen LogP contribution in [0.25, 0.3) is 0 Å². The summed E-state index contributed by atoms with van der Waals surface area (Å²) in [6.45, 7) is -0.212. The van der Waals surface area contributed by atoms with Crippen LogP contribution in [0.15, 0.2) is 77.9 Å². The number of hydrazone groups is 1. The first-order valence-corrected chi connectivity index (χ1v) is 9.53. The third-order valence-corrected chi connectivity index (χ3v) is 4.20. The zero-order chi connectivity index (χ0) is 21.3. The molecule has 0 aliphatic carbocycles. The molecule has 1 N–H and O–H groups in total. The van der Waals surface area contributed by atoms with E-state index in [0.717, 1.165) is 0 Å². The van der Waals surface area contributed by atoms with Crippen molar-refractivity contribution in [1.82, 2.24) is 5.43 Å². The molecule has 1 amide bonds. The van der Waals surface area contributed by atoms with E-state index in [1.165, 1.54) is 6.21 Å². The quantitative estimate of drug-likeness (QED) is 0.248. The summed E-state index contributed by atoms with van der Waals surface area (Å²) < 4.78 is 10.7. The van der Waals surface area contributed by atoms with Gasteiger partial charge in [0.15, 0.2) is 6.61 Å². The molecule has 0 heterocycles. The molecule has 0 spiro atoms. The van der Waals surface area contributed by atoms with Crippen LogP contribution in [0.1, 0.15) is 15.9 Å². The van der Waals surface area contributed by atoms with Gasteiger partial charge in [0.1, 0.15) is 11.5 Å². The lowest BCUT2D eigenvalue weighted by Gasteiger charge is -2.06. The number of nitrogens with zero attached hydrogens (tertiary/aromatic N) is 1. The minimum atomic E-state index is -0.507. The maximum atomic E-state index is 12.2. The van der Waals surface area contributed by atoms with E-state index in [2.05, 4.69) is 10.5 Å². The van der Waals surface area contributed by atoms with E-state index >= 15 is 0 Å². The molecule has 3 aromatic carbocycles. The summed E-state index contributed by atoms with van der Waals surface area (Å²) in [5.74, 6) is -0.116. The Bertz CT molecular complexity index is 1070. The lowest BCUT2D eigenvalue weighted by atomic mass is 10.2. The number of carbonyl (C=O) groups excluding carboxylic acids is 2. The summed E-state index contributed by atoms with van der Waals surface area (Å²) in [6, 6.07) is 19.8. The van der Waals surface area contributed by atoms with Gasteiger partial charge >= 0.3 is 5.97 Å². The van der Waals surface area contributed by atoms with Gasteiger partial charge in [0.25, 0.3) is 5.91 Å². The highest BCUT2D eigenvalue weighted by atomic mass is 35.5. The van der Waals surface area contributed by atoms with Crippen LogP contribution in [0.5, 0.6) is 11.5 Å². The van der Waals surface area contributed by atoms with E-state index in [-0.39, 0.29) is 6.61 Å². The fraction of sp³-hybridized carbons (Fsp3) is 0.0455. The molecule has 0 bridgehead atoms. The summed E-state index contributed by atoms with van der Waals surface area (Å²) in [6.07, 6.45) is 1.43. The number of esters is 1. The van der Waals surface area contributed by atoms with Crippen molar-refractivity contribution < 1.29 is 19.1 Å². The fourth-order valence-electron chi connectivity index (χ4n) is 2.33. The zero-order valence-electron chi connectivity index (χ0n) is 15.5. The zero-order valence-corrected chi connectivity index (χ0v) is 17.1. The smallest absolute Gasteiger partial charge is 0.343 e. The van der Waals surface area contributed by atoms with Crippen LogP contribution in [0.4, 0.5) is 0 Å². The monoisotopic (exact) mass is 442 g/mol. The molecule has 3 rings (SSSR count). The van der Waals surface area contributed by atoms with Gasteiger partial charge in [-0.15, -0.1) is 0 Å². The molecule has 0 radical (unpaired) electrons. The lowest BCUT2D eigenvalue weighted by molar-refractivity contribution is -0.123. The predicted molar refractivity (Wildman–Crippen MR) is 116 cm³/mol. The molecule has 0 unspecified atom stereocenters. The van der Waals surface area contributed by atoms with E-state index < -0.39 is 11.9 Å². The Balaban J connectivity index is 1.51. The van der Waals surface area contributed by atoms with Crippen LogP contribution in [-0.2, 0) is 4.79 Å². The standard InChI is InChI=1S/C22H16Cl2N2O4/c23-17-9-7-16(8-10-17)22(28)30-20-6-1-3-15(11-20)13-25-26-21(27)14-29-19-5-2-4-18(24)12-19/h1-13H,14H2,(H,26,27)/b25-13+. The van der Waals surface area contributed by atoms with E-state index in [1.54, 1.807) is 72.8 Å². The summed E-state index contributed by atoms with van der Waals surface area (Å²) >= 11 is 11.7. The van der Waals surface area contributed by atoms with E-state index in [4.69, 9.17) is 32.7 Å². The highest BCUT2D eigenvalue weighted by molar-refractivity contribution is 6.31. The lowest BCUT2D eigenvalue weighted by Crippen LogP contribution is -2.24. The van der Waals surface area contributed by atoms with Crippen molar-refractivity contribution in [2.24, 2.45) is 5.10 Å². The molecule has 0 aromatic heterocycles. The molecule has 30 heavy (non-hydrogen) atoms. The Morgan fingerprint density at radius 2 is 1.63 bits per heavy atom. The molecule has 0 saturated carbocycles. The number of nitrogens with one attached hydrogen (secondary N) is 1. The van der Waals surface area contributed by atoms with Gasteiger partial charge in [-0.25, -0.2) is 10.2 Å². The molecule has 0 aliphatic heterocycles. The van der Waals surface area contributed by atoms with Crippen LogP contribution in [0, 0.1) is 0 Å². The Morgan fingerprint density at radius 3 is 2.40 bits per heavy atom. The van der Waals surface area contributed by atoms with Crippen LogP contribution in [0.3, 0.4) is 0 Å². The average Bonchev–Trinajstić information content (AvgIpc) is 2.73. The minimum Gasteiger partial charge on any atom is -0.484 e. The van der Waals surface area contributed by atoms with Crippen molar-refractivity contribution in [2.45, 2.75) is 0 Å². The Labute approximate surface area is 183 Å². The van der Waals surface area contributed by atoms with Gasteiger partial charge in [-0.05, 0) is 60.2 Å². The second kappa shape index (κ2) is 10.4. The SMILES string of the molecule is O=C(COc1cccc(Cl)c1)N/N=C/c1cccc(OC(=O)c2ccc(Cl)cc2)c1. The van der Waals surface area contributed by atoms with Crippen LogP contribution in [-0.4, -0.2) is 24.7 Å². The van der Waals surface area contributed by atoms with Gasteiger partial charge in [0, 0.05) is 10.0 Å². The number of benzene rings is 3. The van der Waals surface area contributed by atoms with Crippen LogP contribution >= 0.6 is 23.2 Å². The van der Waals surface area contributed by atoms with Gasteiger partial charge in [0.2, 0.25) is 0 Å². The molecular formula is C22H16Cl2N2O4. The molecule has 3 aromatic rings. The molecule has 0 saturated heterocycles. The molecular weight excluding hydrogens is 427 g/mol. The molecule has 0 aliphatic rings. The number of hydrogen-bond donors (Lipinski definition) is 1. The number of amides is 1. The van der Waals surface area contributed by atoms with Gasteiger partial charge < -0.3 is 9.47 Å². The fourth-order valence-corrected chi connectivity index (χ4v) is 2.63. The van der Waals surface area contributed by atoms with Crippen molar-refractivity contribution in [1.29, 1.82) is 0 Å². The molecule has 0 atom stereocenters. The number of carbonyl (C=O) groups is 2. The summed E-state index contributed by atoms with van der Waals surface area (Å²) in [5, 5.41) is 4.92. The van der Waals surface area contributed by atoms with E-state index in [0.29, 0.717) is 32.7 Å². The Hall–Kier alpha value is -3.35. The van der Waals surface area contributed by atoms with Crippen LogP contribution in [0.2, 0.25) is 10.0 Å². The van der Waals surface area contributed by atoms with Gasteiger partial charge in [-0.2, -0.15) is 5.10 Å². The van der Waals surface area contributed by atoms with Crippen molar-refractivity contribution in [3.8, 4) is 11.5 Å². The van der Waals surface area contributed by atoms with E-state index in [1.807, 2.05) is 0 Å². The van der Waals surface area contributed by atoms with E-state index in [9.17, 15) is 9.59 Å². The summed E-state index contributed by atoms with van der Waals surface area (Å²) in [7, 11) is 0. The maximum Gasteiger partial charge on any atom is 0.343 e. The predicted octanol–water partition coefficient (Wildman–Crippen LogP) is 4.74. The van der Waals surface area contributed by atoms with Crippen molar-refractivity contribution in [3.63, 3.8) is 0 Å². The third-order valence-electron chi connectivity index (χ3n) is 3.72. The normalized spacial score (nSPS) is 10.6. The van der Waals surface area contributed by atoms with Crippen molar-refractivity contribution >= 4 is 41.3 Å². The number of rotatable bonds is 7. The van der Waals surface area contributed by atoms with Gasteiger partial charge in [-0.1, -0.05) is 41.4 Å². The van der Waals surface area contributed by atoms with Crippen molar-refractivity contribution in [2.75, 3.05) is 6.61 Å². The molecule has 0 fully saturated rings. The van der Waals surface area contributed by atoms with Crippen molar-refractivity contribution in [3.05, 3.63) is 94.0 Å². The van der Waals surface area contributed by atoms with Crippen LogP contribution < -0.4 is 14.9 Å². The first-order chi connectivity index (χ1) is 14.5. The number of halogens is 2. The Kier molecular flexibility index (Phi) is 7.43. The first kappa shape index (κ1) is 21.4. The maximum absolute atomic E-state index is 12.2. The minimum absolute atomic E-state index is 0.212. The third kappa shape index (κ3) is 6.62. The average molecular weight is 443 g/mol. The second-order valence-electron chi connectivity index (χ2n) is 6.01. The second-order valence-corrected chi connectivity index (χ2v) is 6.88. The highest BCUT2D eigenvalue weighted by Gasteiger charge is 2.08. The number of hydrogen-bond acceptors (Lipinski definition) is 5. The molecule has 6 nitrogen and oxygen atoms in total. The largest absolute Gasteiger partial charge is 0.484 e. The molecule has 152 valence electrons. The first-order valence-electron chi connectivity index (χ1n) is 8.78. The van der Waals surface area contributed by atoms with Gasteiger partial charge in [-0.3, -0.25) is 4.79 Å². The summed E-state index contributed by atoms with van der Waals surface area (Å²) in [5.41, 5.74) is 3.37. The summed E-state index contributed by atoms with van der Waals surface area (Å²) in [4.78, 5) is 24.0. The number of ether oxygens (including phenoxy) is 2. The Morgan fingerprint density at radius 1 is 0.900 bits per heavy atom. The highest BCUT2D eigenvalue weighted by Crippen LogP contribution is 2.17.